The molecule has 0 aliphatic carbocycles. The minimum absolute atomic E-state index is 0.255. The van der Waals surface area contributed by atoms with E-state index in [-0.39, 0.29) is 5.41 Å². The fraction of sp³-hybridized carbons (Fsp3) is 0.917. The first-order valence-electron chi connectivity index (χ1n) is 6.31. The van der Waals surface area contributed by atoms with Gasteiger partial charge in [0, 0.05) is 18.5 Å². The Kier molecular flexibility index (Phi) is 5.21. The Morgan fingerprint density at radius 1 is 1.59 bits per heavy atom. The molecule has 1 aliphatic rings. The molecular weight excluding hydrogens is 218 g/mol. The van der Waals surface area contributed by atoms with Crippen molar-refractivity contribution in [1.82, 2.24) is 4.90 Å². The third-order valence-electron chi connectivity index (χ3n) is 3.53. The van der Waals surface area contributed by atoms with Gasteiger partial charge < -0.3 is 15.7 Å². The molecule has 0 aromatic carbocycles. The maximum atomic E-state index is 8.72. The minimum Gasteiger partial charge on any atom is -0.409 e. The van der Waals surface area contributed by atoms with Gasteiger partial charge in [-0.15, -0.1) is 0 Å². The summed E-state index contributed by atoms with van der Waals surface area (Å²) in [5.74, 6) is 0.304. The molecule has 0 bridgehead atoms. The zero-order chi connectivity index (χ0) is 12.9. The van der Waals surface area contributed by atoms with Crippen LogP contribution < -0.4 is 5.73 Å². The number of hydrogen-bond donors (Lipinski definition) is 2. The number of nitrogens with two attached hydrogens (primary N) is 1. The fourth-order valence-corrected chi connectivity index (χ4v) is 1.93. The molecule has 0 radical (unpaired) electrons. The molecule has 1 atom stereocenters. The highest BCUT2D eigenvalue weighted by Crippen LogP contribution is 2.21. The summed E-state index contributed by atoms with van der Waals surface area (Å²) in [5.41, 5.74) is 5.42. The van der Waals surface area contributed by atoms with Crippen molar-refractivity contribution in [2.24, 2.45) is 16.3 Å². The van der Waals surface area contributed by atoms with Crippen LogP contribution in [0.15, 0.2) is 5.16 Å². The Balaban J connectivity index is 2.40. The molecule has 1 saturated heterocycles. The van der Waals surface area contributed by atoms with Crippen molar-refractivity contribution < 1.29 is 9.94 Å². The van der Waals surface area contributed by atoms with E-state index < -0.39 is 0 Å². The second kappa shape index (κ2) is 6.21. The SMILES string of the molecule is CCC1CN(CCC(C)(C)C(N)=NO)CCO1. The van der Waals surface area contributed by atoms with Crippen molar-refractivity contribution in [3.05, 3.63) is 0 Å². The van der Waals surface area contributed by atoms with Gasteiger partial charge in [0.05, 0.1) is 12.7 Å². The third kappa shape index (κ3) is 4.16. The lowest BCUT2D eigenvalue weighted by atomic mass is 9.88. The highest BCUT2D eigenvalue weighted by atomic mass is 16.5. The standard InChI is InChI=1S/C12H25N3O2/c1-4-10-9-15(7-8-17-10)6-5-12(2,3)11(13)14-16/h10,16H,4-9H2,1-3H3,(H2,13,14). The lowest BCUT2D eigenvalue weighted by molar-refractivity contribution is -0.0313. The highest BCUT2D eigenvalue weighted by molar-refractivity contribution is 5.85. The maximum absolute atomic E-state index is 8.72. The van der Waals surface area contributed by atoms with Crippen LogP contribution in [0.25, 0.3) is 0 Å². The molecule has 1 rings (SSSR count). The number of hydrogen-bond acceptors (Lipinski definition) is 4. The lowest BCUT2D eigenvalue weighted by Crippen LogP contribution is -2.44. The number of ether oxygens (including phenoxy) is 1. The molecule has 0 amide bonds. The van der Waals surface area contributed by atoms with Crippen molar-refractivity contribution in [3.63, 3.8) is 0 Å². The van der Waals surface area contributed by atoms with Crippen LogP contribution in [-0.2, 0) is 4.74 Å². The van der Waals surface area contributed by atoms with Crippen LogP contribution in [0.5, 0.6) is 0 Å². The average Bonchev–Trinajstić information content (AvgIpc) is 2.35. The summed E-state index contributed by atoms with van der Waals surface area (Å²) >= 11 is 0. The topological polar surface area (TPSA) is 71.1 Å². The first-order valence-corrected chi connectivity index (χ1v) is 6.31. The minimum atomic E-state index is -0.255. The molecule has 0 aromatic rings. The second-order valence-corrected chi connectivity index (χ2v) is 5.32. The maximum Gasteiger partial charge on any atom is 0.144 e. The van der Waals surface area contributed by atoms with Crippen LogP contribution in [-0.4, -0.2) is 48.3 Å². The molecule has 1 fully saturated rings. The number of rotatable bonds is 5. The molecule has 1 heterocycles. The smallest absolute Gasteiger partial charge is 0.144 e. The monoisotopic (exact) mass is 243 g/mol. The molecule has 0 saturated carbocycles. The van der Waals surface area contributed by atoms with Gasteiger partial charge in [0.1, 0.15) is 5.84 Å². The van der Waals surface area contributed by atoms with Crippen molar-refractivity contribution in [1.29, 1.82) is 0 Å². The van der Waals surface area contributed by atoms with E-state index in [1.54, 1.807) is 0 Å². The molecule has 5 heteroatoms. The predicted octanol–water partition coefficient (Wildman–Crippen LogP) is 1.26. The lowest BCUT2D eigenvalue weighted by Gasteiger charge is -2.34. The van der Waals surface area contributed by atoms with Gasteiger partial charge in [0.15, 0.2) is 0 Å². The van der Waals surface area contributed by atoms with Crippen LogP contribution in [0, 0.1) is 5.41 Å². The number of nitrogens with zero attached hydrogens (tertiary/aromatic N) is 2. The molecule has 5 nitrogen and oxygen atoms in total. The molecule has 0 spiro atoms. The van der Waals surface area contributed by atoms with Crippen molar-refractivity contribution in [2.45, 2.75) is 39.7 Å². The van der Waals surface area contributed by atoms with Crippen molar-refractivity contribution >= 4 is 5.84 Å². The number of morpholine rings is 1. The zero-order valence-corrected chi connectivity index (χ0v) is 11.1. The fourth-order valence-electron chi connectivity index (χ4n) is 1.93. The number of oxime groups is 1. The normalized spacial score (nSPS) is 23.9. The Morgan fingerprint density at radius 3 is 2.88 bits per heavy atom. The van der Waals surface area contributed by atoms with Crippen LogP contribution in [0.3, 0.4) is 0 Å². The molecule has 3 N–H and O–H groups in total. The Bertz CT molecular complexity index is 266. The highest BCUT2D eigenvalue weighted by Gasteiger charge is 2.26. The third-order valence-corrected chi connectivity index (χ3v) is 3.53. The van der Waals surface area contributed by atoms with Gasteiger partial charge >= 0.3 is 0 Å². The molecule has 1 unspecified atom stereocenters. The quantitative estimate of drug-likeness (QED) is 0.330. The van der Waals surface area contributed by atoms with Crippen LogP contribution in [0.1, 0.15) is 33.6 Å². The van der Waals surface area contributed by atoms with E-state index in [0.717, 1.165) is 39.1 Å². The van der Waals surface area contributed by atoms with E-state index >= 15 is 0 Å². The number of amidine groups is 1. The summed E-state index contributed by atoms with van der Waals surface area (Å²) in [7, 11) is 0. The second-order valence-electron chi connectivity index (χ2n) is 5.32. The van der Waals surface area contributed by atoms with Gasteiger partial charge in [-0.2, -0.15) is 0 Å². The van der Waals surface area contributed by atoms with Gasteiger partial charge in [-0.05, 0) is 19.4 Å². The van der Waals surface area contributed by atoms with E-state index in [1.165, 1.54) is 0 Å². The Labute approximate surface area is 104 Å². The van der Waals surface area contributed by atoms with Crippen molar-refractivity contribution in [2.75, 3.05) is 26.2 Å². The average molecular weight is 243 g/mol. The summed E-state index contributed by atoms with van der Waals surface area (Å²) < 4.78 is 5.63. The Morgan fingerprint density at radius 2 is 2.29 bits per heavy atom. The van der Waals surface area contributed by atoms with Crippen LogP contribution in [0.4, 0.5) is 0 Å². The first kappa shape index (κ1) is 14.3. The first-order chi connectivity index (χ1) is 7.99. The van der Waals surface area contributed by atoms with Gasteiger partial charge in [-0.25, -0.2) is 0 Å². The van der Waals surface area contributed by atoms with Gasteiger partial charge in [0.25, 0.3) is 0 Å². The summed E-state index contributed by atoms with van der Waals surface area (Å²) in [5, 5.41) is 11.8. The molecule has 100 valence electrons. The largest absolute Gasteiger partial charge is 0.409 e. The Hall–Kier alpha value is -0.810. The van der Waals surface area contributed by atoms with Crippen LogP contribution in [0.2, 0.25) is 0 Å². The zero-order valence-electron chi connectivity index (χ0n) is 11.1. The van der Waals surface area contributed by atoms with E-state index in [1.807, 2.05) is 13.8 Å². The van der Waals surface area contributed by atoms with Crippen molar-refractivity contribution in [3.8, 4) is 0 Å². The van der Waals surface area contributed by atoms with Gasteiger partial charge in [-0.3, -0.25) is 4.90 Å². The summed E-state index contributed by atoms with van der Waals surface area (Å²) in [6.07, 6.45) is 2.30. The summed E-state index contributed by atoms with van der Waals surface area (Å²) in [6.45, 7) is 9.88. The van der Waals surface area contributed by atoms with Crippen LogP contribution >= 0.6 is 0 Å². The van der Waals surface area contributed by atoms with E-state index in [9.17, 15) is 0 Å². The summed E-state index contributed by atoms with van der Waals surface area (Å²) in [6, 6.07) is 0. The predicted molar refractivity (Wildman–Crippen MR) is 68.3 cm³/mol. The summed E-state index contributed by atoms with van der Waals surface area (Å²) in [4.78, 5) is 2.39. The van der Waals surface area contributed by atoms with E-state index in [2.05, 4.69) is 17.0 Å². The molecular formula is C12H25N3O2. The molecule has 1 aliphatic heterocycles. The van der Waals surface area contributed by atoms with E-state index in [4.69, 9.17) is 15.7 Å². The molecule has 0 aromatic heterocycles. The van der Waals surface area contributed by atoms with E-state index in [0.29, 0.717) is 11.9 Å². The van der Waals surface area contributed by atoms with Gasteiger partial charge in [0.2, 0.25) is 0 Å². The molecule has 17 heavy (non-hydrogen) atoms. The van der Waals surface area contributed by atoms with Gasteiger partial charge in [-0.1, -0.05) is 25.9 Å².